The van der Waals surface area contributed by atoms with Crippen LogP contribution in [0.2, 0.25) is 0 Å². The second kappa shape index (κ2) is 5.17. The molecule has 18 heavy (non-hydrogen) atoms. The van der Waals surface area contributed by atoms with Crippen molar-refractivity contribution in [2.24, 2.45) is 11.3 Å². The predicted molar refractivity (Wildman–Crippen MR) is 71.4 cm³/mol. The van der Waals surface area contributed by atoms with Gasteiger partial charge >= 0.3 is 0 Å². The van der Waals surface area contributed by atoms with Crippen LogP contribution < -0.4 is 10.6 Å². The molecule has 0 aromatic heterocycles. The van der Waals surface area contributed by atoms with Crippen molar-refractivity contribution in [2.75, 3.05) is 26.7 Å². The molecule has 2 N–H and O–H groups in total. The van der Waals surface area contributed by atoms with E-state index >= 15 is 0 Å². The molecule has 4 nitrogen and oxygen atoms in total. The number of carbonyl (C=O) groups is 1. The number of amides is 1. The Hall–Kier alpha value is -0.610. The maximum absolute atomic E-state index is 12.5. The smallest absolute Gasteiger partial charge is 0.227 e. The van der Waals surface area contributed by atoms with Gasteiger partial charge in [0.05, 0.1) is 11.0 Å². The number of ether oxygens (including phenoxy) is 1. The van der Waals surface area contributed by atoms with Crippen molar-refractivity contribution in [3.8, 4) is 0 Å². The van der Waals surface area contributed by atoms with Gasteiger partial charge in [-0.15, -0.1) is 0 Å². The van der Waals surface area contributed by atoms with Crippen LogP contribution in [0.25, 0.3) is 0 Å². The molecule has 2 aliphatic rings. The highest BCUT2D eigenvalue weighted by molar-refractivity contribution is 5.83. The lowest BCUT2D eigenvalue weighted by Crippen LogP contribution is -2.54. The lowest BCUT2D eigenvalue weighted by molar-refractivity contribution is -0.136. The summed E-state index contributed by atoms with van der Waals surface area (Å²) < 4.78 is 5.55. The zero-order valence-electron chi connectivity index (χ0n) is 11.8. The Kier molecular flexibility index (Phi) is 3.97. The summed E-state index contributed by atoms with van der Waals surface area (Å²) in [5.41, 5.74) is -0.307. The van der Waals surface area contributed by atoms with Gasteiger partial charge in [-0.25, -0.2) is 0 Å². The minimum absolute atomic E-state index is 0.0835. The van der Waals surface area contributed by atoms with Crippen molar-refractivity contribution in [1.29, 1.82) is 0 Å². The van der Waals surface area contributed by atoms with Gasteiger partial charge in [-0.3, -0.25) is 4.79 Å². The summed E-state index contributed by atoms with van der Waals surface area (Å²) in [5, 5.41) is 6.46. The van der Waals surface area contributed by atoms with Crippen LogP contribution in [-0.4, -0.2) is 38.3 Å². The van der Waals surface area contributed by atoms with Gasteiger partial charge in [-0.05, 0) is 38.1 Å². The summed E-state index contributed by atoms with van der Waals surface area (Å²) in [4.78, 5) is 12.5. The van der Waals surface area contributed by atoms with E-state index in [1.807, 2.05) is 0 Å². The van der Waals surface area contributed by atoms with Gasteiger partial charge < -0.3 is 15.4 Å². The van der Waals surface area contributed by atoms with E-state index in [2.05, 4.69) is 24.5 Å². The normalized spacial score (nSPS) is 30.2. The van der Waals surface area contributed by atoms with Gasteiger partial charge in [-0.2, -0.15) is 0 Å². The molecule has 0 bridgehead atoms. The Morgan fingerprint density at radius 1 is 1.39 bits per heavy atom. The van der Waals surface area contributed by atoms with E-state index < -0.39 is 0 Å². The SMILES string of the molecule is COC1(CNC(=O)C2(C(C)C)CCNC2)CCC1. The first-order valence-corrected chi connectivity index (χ1v) is 7.09. The highest BCUT2D eigenvalue weighted by atomic mass is 16.5. The summed E-state index contributed by atoms with van der Waals surface area (Å²) in [6.45, 7) is 6.69. The Morgan fingerprint density at radius 3 is 2.50 bits per heavy atom. The third-order valence-corrected chi connectivity index (χ3v) is 5.01. The lowest BCUT2D eigenvalue weighted by Gasteiger charge is -2.41. The molecule has 0 radical (unpaired) electrons. The second-order valence-electron chi connectivity index (χ2n) is 6.16. The van der Waals surface area contributed by atoms with Gasteiger partial charge in [0.1, 0.15) is 0 Å². The maximum atomic E-state index is 12.5. The lowest BCUT2D eigenvalue weighted by atomic mass is 9.75. The van der Waals surface area contributed by atoms with E-state index in [1.165, 1.54) is 6.42 Å². The van der Waals surface area contributed by atoms with E-state index in [0.717, 1.165) is 32.4 Å². The van der Waals surface area contributed by atoms with Crippen LogP contribution in [0.4, 0.5) is 0 Å². The third-order valence-electron chi connectivity index (χ3n) is 5.01. The van der Waals surface area contributed by atoms with Crippen molar-refractivity contribution >= 4 is 5.91 Å². The quantitative estimate of drug-likeness (QED) is 0.777. The Balaban J connectivity index is 1.94. The number of rotatable bonds is 5. The number of hydrogen-bond acceptors (Lipinski definition) is 3. The first kappa shape index (κ1) is 13.8. The monoisotopic (exact) mass is 254 g/mol. The van der Waals surface area contributed by atoms with E-state index in [4.69, 9.17) is 4.74 Å². The zero-order valence-corrected chi connectivity index (χ0v) is 11.8. The third kappa shape index (κ3) is 2.28. The molecule has 2 rings (SSSR count). The number of hydrogen-bond donors (Lipinski definition) is 2. The fourth-order valence-electron chi connectivity index (χ4n) is 3.10. The number of carbonyl (C=O) groups excluding carboxylic acids is 1. The average molecular weight is 254 g/mol. The minimum atomic E-state index is -0.224. The highest BCUT2D eigenvalue weighted by Crippen LogP contribution is 2.36. The molecule has 1 saturated carbocycles. The van der Waals surface area contributed by atoms with Crippen molar-refractivity contribution < 1.29 is 9.53 Å². The van der Waals surface area contributed by atoms with Crippen molar-refractivity contribution in [2.45, 2.75) is 45.1 Å². The molecule has 1 unspecified atom stereocenters. The summed E-state index contributed by atoms with van der Waals surface area (Å²) in [7, 11) is 1.75. The van der Waals surface area contributed by atoms with Crippen molar-refractivity contribution in [3.05, 3.63) is 0 Å². The second-order valence-corrected chi connectivity index (χ2v) is 6.16. The molecule has 0 aromatic rings. The van der Waals surface area contributed by atoms with E-state index in [9.17, 15) is 4.79 Å². The molecule has 2 fully saturated rings. The van der Waals surface area contributed by atoms with Crippen LogP contribution in [0, 0.1) is 11.3 Å². The zero-order chi connectivity index (χ0) is 13.2. The highest BCUT2D eigenvalue weighted by Gasteiger charge is 2.45. The van der Waals surface area contributed by atoms with Gasteiger partial charge in [0.25, 0.3) is 0 Å². The van der Waals surface area contributed by atoms with Gasteiger partial charge in [0.15, 0.2) is 0 Å². The molecule has 1 aliphatic heterocycles. The van der Waals surface area contributed by atoms with Crippen molar-refractivity contribution in [1.82, 2.24) is 10.6 Å². The molecule has 0 aromatic carbocycles. The number of nitrogens with one attached hydrogen (secondary N) is 2. The van der Waals surface area contributed by atoms with Crippen molar-refractivity contribution in [3.63, 3.8) is 0 Å². The molecule has 104 valence electrons. The summed E-state index contributed by atoms with van der Waals surface area (Å²) in [5.74, 6) is 0.568. The first-order valence-electron chi connectivity index (χ1n) is 7.09. The molecule has 0 spiro atoms. The average Bonchev–Trinajstić information content (AvgIpc) is 2.78. The molecule has 4 heteroatoms. The first-order chi connectivity index (χ1) is 8.55. The Labute approximate surface area is 110 Å². The molecule has 1 amide bonds. The maximum Gasteiger partial charge on any atom is 0.227 e. The van der Waals surface area contributed by atoms with Crippen LogP contribution in [0.3, 0.4) is 0 Å². The van der Waals surface area contributed by atoms with E-state index in [0.29, 0.717) is 12.5 Å². The fraction of sp³-hybridized carbons (Fsp3) is 0.929. The van der Waals surface area contributed by atoms with Crippen LogP contribution in [-0.2, 0) is 9.53 Å². The van der Waals surface area contributed by atoms with E-state index in [1.54, 1.807) is 7.11 Å². The Morgan fingerprint density at radius 2 is 2.11 bits per heavy atom. The topological polar surface area (TPSA) is 50.4 Å². The molecule has 1 heterocycles. The minimum Gasteiger partial charge on any atom is -0.376 e. The summed E-state index contributed by atoms with van der Waals surface area (Å²) in [6.07, 6.45) is 4.28. The van der Waals surface area contributed by atoms with Gasteiger partial charge in [0.2, 0.25) is 5.91 Å². The largest absolute Gasteiger partial charge is 0.376 e. The predicted octanol–water partition coefficient (Wildman–Crippen LogP) is 1.31. The van der Waals surface area contributed by atoms with Gasteiger partial charge in [0, 0.05) is 20.2 Å². The molecular formula is C14H26N2O2. The number of methoxy groups -OCH3 is 1. The van der Waals surface area contributed by atoms with Crippen LogP contribution in [0.5, 0.6) is 0 Å². The van der Waals surface area contributed by atoms with E-state index in [-0.39, 0.29) is 16.9 Å². The summed E-state index contributed by atoms with van der Waals surface area (Å²) in [6, 6.07) is 0. The van der Waals surface area contributed by atoms with Crippen LogP contribution >= 0.6 is 0 Å². The standard InChI is InChI=1S/C14H26N2O2/c1-11(2)14(7-8-15-10-14)12(17)16-9-13(18-3)5-4-6-13/h11,15H,4-10H2,1-3H3,(H,16,17). The fourth-order valence-corrected chi connectivity index (χ4v) is 3.10. The van der Waals surface area contributed by atoms with Gasteiger partial charge in [-0.1, -0.05) is 13.8 Å². The Bertz CT molecular complexity index is 299. The van der Waals surface area contributed by atoms with Crippen LogP contribution in [0.1, 0.15) is 39.5 Å². The molecule has 1 saturated heterocycles. The van der Waals surface area contributed by atoms with Crippen LogP contribution in [0.15, 0.2) is 0 Å². The molecule has 1 aliphatic carbocycles. The molecule has 1 atom stereocenters. The summed E-state index contributed by atoms with van der Waals surface area (Å²) >= 11 is 0. The molecular weight excluding hydrogens is 228 g/mol.